The number of aromatic nitrogens is 4. The first kappa shape index (κ1) is 11.0. The summed E-state index contributed by atoms with van der Waals surface area (Å²) in [7, 11) is 0. The second kappa shape index (κ2) is 4.62. The van der Waals surface area contributed by atoms with Crippen LogP contribution in [0.25, 0.3) is 5.65 Å². The van der Waals surface area contributed by atoms with E-state index in [0.717, 1.165) is 17.0 Å². The Morgan fingerprint density at radius 2 is 2.00 bits per heavy atom. The highest BCUT2D eigenvalue weighted by Crippen LogP contribution is 2.16. The van der Waals surface area contributed by atoms with Crippen molar-refractivity contribution in [3.63, 3.8) is 0 Å². The van der Waals surface area contributed by atoms with Crippen molar-refractivity contribution >= 4 is 23.1 Å². The fourth-order valence-corrected chi connectivity index (χ4v) is 1.89. The average molecular weight is 260 g/mol. The van der Waals surface area contributed by atoms with E-state index >= 15 is 0 Å². The maximum absolute atomic E-state index is 5.96. The molecule has 3 aromatic heterocycles. The maximum Gasteiger partial charge on any atom is 0.159 e. The Morgan fingerprint density at radius 3 is 2.83 bits per heavy atom. The Labute approximate surface area is 108 Å². The van der Waals surface area contributed by atoms with E-state index in [-0.39, 0.29) is 0 Å². The van der Waals surface area contributed by atoms with Crippen LogP contribution in [0, 0.1) is 0 Å². The van der Waals surface area contributed by atoms with Gasteiger partial charge in [-0.25, -0.2) is 4.98 Å². The summed E-state index contributed by atoms with van der Waals surface area (Å²) in [4.78, 5) is 8.15. The molecule has 0 aromatic carbocycles. The second-order valence-electron chi connectivity index (χ2n) is 3.77. The Morgan fingerprint density at radius 1 is 1.17 bits per heavy atom. The summed E-state index contributed by atoms with van der Waals surface area (Å²) in [5, 5.41) is 7.92. The van der Waals surface area contributed by atoms with Crippen LogP contribution in [0.15, 0.2) is 42.9 Å². The number of nitrogens with zero attached hydrogens (tertiary/aromatic N) is 4. The van der Waals surface area contributed by atoms with Crippen molar-refractivity contribution in [1.29, 1.82) is 0 Å². The van der Waals surface area contributed by atoms with Gasteiger partial charge in [-0.1, -0.05) is 11.6 Å². The smallest absolute Gasteiger partial charge is 0.159 e. The number of rotatable bonds is 3. The van der Waals surface area contributed by atoms with Gasteiger partial charge < -0.3 is 5.32 Å². The summed E-state index contributed by atoms with van der Waals surface area (Å²) >= 11 is 5.96. The highest BCUT2D eigenvalue weighted by Gasteiger charge is 2.04. The van der Waals surface area contributed by atoms with E-state index in [1.54, 1.807) is 29.2 Å². The summed E-state index contributed by atoms with van der Waals surface area (Å²) in [6.07, 6.45) is 5.22. The summed E-state index contributed by atoms with van der Waals surface area (Å²) < 4.78 is 1.72. The predicted octanol–water partition coefficient (Wildman–Crippen LogP) is 2.39. The topological polar surface area (TPSA) is 55.1 Å². The van der Waals surface area contributed by atoms with Crippen LogP contribution in [0.1, 0.15) is 5.56 Å². The summed E-state index contributed by atoms with van der Waals surface area (Å²) in [6.45, 7) is 0.678. The predicted molar refractivity (Wildman–Crippen MR) is 69.6 cm³/mol. The Kier molecular flexibility index (Phi) is 2.82. The Balaban J connectivity index is 1.88. The maximum atomic E-state index is 5.96. The number of hydrogen-bond acceptors (Lipinski definition) is 4. The monoisotopic (exact) mass is 259 g/mol. The van der Waals surface area contributed by atoms with Crippen molar-refractivity contribution in [3.05, 3.63) is 53.6 Å². The molecular formula is C12H10ClN5. The molecule has 3 aromatic rings. The van der Waals surface area contributed by atoms with E-state index in [4.69, 9.17) is 11.6 Å². The lowest BCUT2D eigenvalue weighted by molar-refractivity contribution is 0.925. The van der Waals surface area contributed by atoms with Crippen LogP contribution in [-0.4, -0.2) is 19.6 Å². The zero-order chi connectivity index (χ0) is 12.4. The van der Waals surface area contributed by atoms with Crippen molar-refractivity contribution in [2.75, 3.05) is 5.32 Å². The van der Waals surface area contributed by atoms with Crippen LogP contribution in [0.2, 0.25) is 5.15 Å². The fraction of sp³-hybridized carbons (Fsp3) is 0.0833. The van der Waals surface area contributed by atoms with E-state index in [2.05, 4.69) is 20.4 Å². The molecule has 0 fully saturated rings. The summed E-state index contributed by atoms with van der Waals surface area (Å²) in [6, 6.07) is 7.47. The molecule has 0 spiro atoms. The molecule has 18 heavy (non-hydrogen) atoms. The van der Waals surface area contributed by atoms with Crippen molar-refractivity contribution < 1.29 is 0 Å². The number of pyridine rings is 1. The lowest BCUT2D eigenvalue weighted by Crippen LogP contribution is -2.06. The molecule has 1 N–H and O–H groups in total. The molecule has 0 unspecified atom stereocenters. The minimum atomic E-state index is 0.445. The number of hydrogen-bond donors (Lipinski definition) is 1. The average Bonchev–Trinajstić information content (AvgIpc) is 2.85. The molecule has 6 heteroatoms. The van der Waals surface area contributed by atoms with E-state index in [1.807, 2.05) is 18.2 Å². The van der Waals surface area contributed by atoms with Gasteiger partial charge >= 0.3 is 0 Å². The van der Waals surface area contributed by atoms with Crippen molar-refractivity contribution in [2.45, 2.75) is 6.54 Å². The van der Waals surface area contributed by atoms with Crippen molar-refractivity contribution in [2.24, 2.45) is 0 Å². The van der Waals surface area contributed by atoms with Gasteiger partial charge in [0.15, 0.2) is 5.65 Å². The molecule has 0 saturated heterocycles. The summed E-state index contributed by atoms with van der Waals surface area (Å²) in [5.74, 6) is 0.812. The molecule has 5 nitrogen and oxygen atoms in total. The third kappa shape index (κ3) is 2.12. The molecule has 3 rings (SSSR count). The molecule has 0 aliphatic heterocycles. The third-order valence-corrected chi connectivity index (χ3v) is 2.74. The van der Waals surface area contributed by atoms with E-state index < -0.39 is 0 Å². The van der Waals surface area contributed by atoms with Gasteiger partial charge in [0, 0.05) is 31.1 Å². The Bertz CT molecular complexity index is 665. The first-order chi connectivity index (χ1) is 8.83. The van der Waals surface area contributed by atoms with Crippen LogP contribution in [0.3, 0.4) is 0 Å². The van der Waals surface area contributed by atoms with Gasteiger partial charge in [0.1, 0.15) is 11.0 Å². The fourth-order valence-electron chi connectivity index (χ4n) is 1.70. The highest BCUT2D eigenvalue weighted by molar-refractivity contribution is 6.29. The highest BCUT2D eigenvalue weighted by atomic mass is 35.5. The van der Waals surface area contributed by atoms with E-state index in [0.29, 0.717) is 11.7 Å². The number of halogens is 1. The molecule has 0 bridgehead atoms. The van der Waals surface area contributed by atoms with Crippen LogP contribution in [0.4, 0.5) is 5.82 Å². The quantitative estimate of drug-likeness (QED) is 0.734. The van der Waals surface area contributed by atoms with Gasteiger partial charge in [-0.15, -0.1) is 0 Å². The lowest BCUT2D eigenvalue weighted by atomic mass is 10.3. The van der Waals surface area contributed by atoms with Gasteiger partial charge in [-0.05, 0) is 17.7 Å². The molecule has 3 heterocycles. The van der Waals surface area contributed by atoms with Gasteiger partial charge in [-0.2, -0.15) is 9.61 Å². The molecule has 0 aliphatic rings. The minimum Gasteiger partial charge on any atom is -0.366 e. The molecule has 0 aliphatic carbocycles. The number of anilines is 1. The van der Waals surface area contributed by atoms with E-state index in [1.165, 1.54) is 0 Å². The number of fused-ring (bicyclic) bond motifs is 1. The zero-order valence-corrected chi connectivity index (χ0v) is 10.2. The van der Waals surface area contributed by atoms with Gasteiger partial charge in [0.05, 0.1) is 6.20 Å². The van der Waals surface area contributed by atoms with Gasteiger partial charge in [0.25, 0.3) is 0 Å². The largest absolute Gasteiger partial charge is 0.366 e. The van der Waals surface area contributed by atoms with Gasteiger partial charge in [-0.3, -0.25) is 4.98 Å². The van der Waals surface area contributed by atoms with Crippen LogP contribution in [-0.2, 0) is 6.54 Å². The van der Waals surface area contributed by atoms with Crippen molar-refractivity contribution in [1.82, 2.24) is 19.6 Å². The van der Waals surface area contributed by atoms with Crippen LogP contribution >= 0.6 is 11.6 Å². The van der Waals surface area contributed by atoms with Crippen LogP contribution < -0.4 is 5.32 Å². The first-order valence-electron chi connectivity index (χ1n) is 5.46. The minimum absolute atomic E-state index is 0.445. The zero-order valence-electron chi connectivity index (χ0n) is 9.42. The third-order valence-electron chi connectivity index (χ3n) is 2.55. The molecule has 0 radical (unpaired) electrons. The van der Waals surface area contributed by atoms with Crippen LogP contribution in [0.5, 0.6) is 0 Å². The second-order valence-corrected chi connectivity index (χ2v) is 4.16. The SMILES string of the molecule is Clc1cc(NCc2ccncc2)n2nccc2n1. The summed E-state index contributed by atoms with van der Waals surface area (Å²) in [5.41, 5.74) is 1.86. The molecule has 0 saturated carbocycles. The Hall–Kier alpha value is -2.14. The normalized spacial score (nSPS) is 10.7. The molecular weight excluding hydrogens is 250 g/mol. The number of nitrogens with one attached hydrogen (secondary N) is 1. The van der Waals surface area contributed by atoms with Gasteiger partial charge in [0.2, 0.25) is 0 Å². The first-order valence-corrected chi connectivity index (χ1v) is 5.84. The molecule has 90 valence electrons. The lowest BCUT2D eigenvalue weighted by Gasteiger charge is -2.08. The van der Waals surface area contributed by atoms with E-state index in [9.17, 15) is 0 Å². The molecule has 0 amide bonds. The molecule has 0 atom stereocenters. The standard InChI is InChI=1S/C12H10ClN5/c13-10-7-12(18-11(17-10)3-6-16-18)15-8-9-1-4-14-5-2-9/h1-7,15H,8H2. The van der Waals surface area contributed by atoms with Crippen molar-refractivity contribution in [3.8, 4) is 0 Å².